The van der Waals surface area contributed by atoms with Crippen molar-refractivity contribution in [3.8, 4) is 5.75 Å². The molecular weight excluding hydrogens is 309 g/mol. The molecule has 1 rings (SSSR count). The molecule has 0 aromatic heterocycles. The SMILES string of the molecule is CNCCCC(=O)Nc1ccc(Cl)cc1OCC(F)(F)F. The lowest BCUT2D eigenvalue weighted by Gasteiger charge is -2.14. The van der Waals surface area contributed by atoms with Crippen molar-refractivity contribution in [2.75, 3.05) is 25.5 Å². The lowest BCUT2D eigenvalue weighted by molar-refractivity contribution is -0.153. The highest BCUT2D eigenvalue weighted by Gasteiger charge is 2.29. The minimum Gasteiger partial charge on any atom is -0.482 e. The van der Waals surface area contributed by atoms with Crippen LogP contribution in [0.5, 0.6) is 5.75 Å². The molecule has 0 bridgehead atoms. The number of rotatable bonds is 7. The first-order chi connectivity index (χ1) is 9.81. The van der Waals surface area contributed by atoms with Gasteiger partial charge >= 0.3 is 6.18 Å². The highest BCUT2D eigenvalue weighted by atomic mass is 35.5. The Morgan fingerprint density at radius 1 is 1.38 bits per heavy atom. The van der Waals surface area contributed by atoms with E-state index in [0.717, 1.165) is 0 Å². The quantitative estimate of drug-likeness (QED) is 0.757. The zero-order chi connectivity index (χ0) is 15.9. The number of alkyl halides is 3. The van der Waals surface area contributed by atoms with Crippen LogP contribution in [0.4, 0.5) is 18.9 Å². The van der Waals surface area contributed by atoms with Gasteiger partial charge in [0.2, 0.25) is 5.91 Å². The summed E-state index contributed by atoms with van der Waals surface area (Å²) in [5.74, 6) is -0.411. The number of hydrogen-bond donors (Lipinski definition) is 2. The van der Waals surface area contributed by atoms with Gasteiger partial charge in [-0.05, 0) is 32.1 Å². The van der Waals surface area contributed by atoms with Crippen LogP contribution in [0.2, 0.25) is 5.02 Å². The molecule has 0 unspecified atom stereocenters. The Bertz CT molecular complexity index is 481. The Morgan fingerprint density at radius 3 is 2.71 bits per heavy atom. The van der Waals surface area contributed by atoms with E-state index in [4.69, 9.17) is 11.6 Å². The third kappa shape index (κ3) is 7.19. The topological polar surface area (TPSA) is 50.4 Å². The number of nitrogens with one attached hydrogen (secondary N) is 2. The summed E-state index contributed by atoms with van der Waals surface area (Å²) in [4.78, 5) is 11.7. The van der Waals surface area contributed by atoms with Crippen LogP contribution >= 0.6 is 11.6 Å². The van der Waals surface area contributed by atoms with Gasteiger partial charge in [0.1, 0.15) is 5.75 Å². The fraction of sp³-hybridized carbons (Fsp3) is 0.462. The van der Waals surface area contributed by atoms with E-state index in [1.54, 1.807) is 7.05 Å². The van der Waals surface area contributed by atoms with Gasteiger partial charge < -0.3 is 15.4 Å². The Kier molecular flexibility index (Phi) is 6.77. The molecule has 1 aromatic rings. The number of benzene rings is 1. The number of carbonyl (C=O) groups excluding carboxylic acids is 1. The molecule has 0 spiro atoms. The summed E-state index contributed by atoms with van der Waals surface area (Å²) in [7, 11) is 1.76. The smallest absolute Gasteiger partial charge is 0.422 e. The zero-order valence-corrected chi connectivity index (χ0v) is 12.1. The number of ether oxygens (including phenoxy) is 1. The molecule has 1 amide bonds. The zero-order valence-electron chi connectivity index (χ0n) is 11.4. The maximum absolute atomic E-state index is 12.2. The van der Waals surface area contributed by atoms with Crippen LogP contribution in [0.1, 0.15) is 12.8 Å². The van der Waals surface area contributed by atoms with E-state index in [2.05, 4.69) is 15.4 Å². The van der Waals surface area contributed by atoms with Gasteiger partial charge in [0, 0.05) is 17.5 Å². The van der Waals surface area contributed by atoms with Crippen LogP contribution in [0.3, 0.4) is 0 Å². The fourth-order valence-electron chi connectivity index (χ4n) is 1.52. The summed E-state index contributed by atoms with van der Waals surface area (Å²) in [6.45, 7) is -0.776. The molecule has 1 aromatic carbocycles. The third-order valence-corrected chi connectivity index (χ3v) is 2.67. The average molecular weight is 325 g/mol. The Balaban J connectivity index is 2.70. The molecule has 0 aliphatic heterocycles. The van der Waals surface area contributed by atoms with E-state index in [1.165, 1.54) is 18.2 Å². The first kappa shape index (κ1) is 17.6. The van der Waals surface area contributed by atoms with Crippen molar-refractivity contribution in [2.24, 2.45) is 0 Å². The summed E-state index contributed by atoms with van der Waals surface area (Å²) in [6.07, 6.45) is -3.59. The summed E-state index contributed by atoms with van der Waals surface area (Å²) < 4.78 is 41.2. The van der Waals surface area contributed by atoms with Crippen LogP contribution in [0, 0.1) is 0 Å². The van der Waals surface area contributed by atoms with Crippen molar-refractivity contribution in [3.05, 3.63) is 23.2 Å². The average Bonchev–Trinajstić information content (AvgIpc) is 2.38. The van der Waals surface area contributed by atoms with Gasteiger partial charge in [-0.1, -0.05) is 11.6 Å². The van der Waals surface area contributed by atoms with Crippen LogP contribution < -0.4 is 15.4 Å². The standard InChI is InChI=1S/C13H16ClF3N2O2/c1-18-6-2-3-12(20)19-10-5-4-9(14)7-11(10)21-8-13(15,16)17/h4-5,7,18H,2-3,6,8H2,1H3,(H,19,20). The monoisotopic (exact) mass is 324 g/mol. The molecule has 0 aliphatic rings. The molecule has 0 saturated heterocycles. The minimum absolute atomic E-state index is 0.109. The lowest BCUT2D eigenvalue weighted by Crippen LogP contribution is -2.20. The van der Waals surface area contributed by atoms with E-state index < -0.39 is 12.8 Å². The summed E-state index contributed by atoms with van der Waals surface area (Å²) in [5, 5.41) is 5.63. The van der Waals surface area contributed by atoms with Crippen molar-refractivity contribution in [2.45, 2.75) is 19.0 Å². The van der Waals surface area contributed by atoms with Crippen LogP contribution in [-0.4, -0.2) is 32.3 Å². The molecule has 0 atom stereocenters. The first-order valence-electron chi connectivity index (χ1n) is 6.25. The van der Waals surface area contributed by atoms with Gasteiger partial charge in [0.05, 0.1) is 5.69 Å². The van der Waals surface area contributed by atoms with Crippen molar-refractivity contribution < 1.29 is 22.7 Å². The molecule has 0 aliphatic carbocycles. The highest BCUT2D eigenvalue weighted by Crippen LogP contribution is 2.30. The van der Waals surface area contributed by atoms with Crippen LogP contribution in [0.15, 0.2) is 18.2 Å². The van der Waals surface area contributed by atoms with E-state index in [-0.39, 0.29) is 28.8 Å². The van der Waals surface area contributed by atoms with Crippen molar-refractivity contribution in [1.29, 1.82) is 0 Å². The predicted molar refractivity (Wildman–Crippen MR) is 74.8 cm³/mol. The molecule has 118 valence electrons. The van der Waals surface area contributed by atoms with Crippen molar-refractivity contribution in [1.82, 2.24) is 5.32 Å². The molecule has 4 nitrogen and oxygen atoms in total. The van der Waals surface area contributed by atoms with Gasteiger partial charge in [-0.15, -0.1) is 0 Å². The summed E-state index contributed by atoms with van der Waals surface area (Å²) in [6, 6.07) is 4.10. The van der Waals surface area contributed by atoms with Crippen molar-refractivity contribution >= 4 is 23.2 Å². The van der Waals surface area contributed by atoms with Gasteiger partial charge in [-0.2, -0.15) is 13.2 Å². The number of amides is 1. The second-order valence-electron chi connectivity index (χ2n) is 4.30. The molecular formula is C13H16ClF3N2O2. The second-order valence-corrected chi connectivity index (χ2v) is 4.74. The fourth-order valence-corrected chi connectivity index (χ4v) is 1.68. The maximum Gasteiger partial charge on any atom is 0.422 e. The highest BCUT2D eigenvalue weighted by molar-refractivity contribution is 6.30. The predicted octanol–water partition coefficient (Wildman–Crippen LogP) is 3.22. The van der Waals surface area contributed by atoms with Crippen LogP contribution in [0.25, 0.3) is 0 Å². The maximum atomic E-state index is 12.2. The summed E-state index contributed by atoms with van der Waals surface area (Å²) in [5.41, 5.74) is 0.165. The van der Waals surface area contributed by atoms with Gasteiger partial charge in [-0.25, -0.2) is 0 Å². The Hall–Kier alpha value is -1.47. The number of halogens is 4. The largest absolute Gasteiger partial charge is 0.482 e. The van der Waals surface area contributed by atoms with E-state index >= 15 is 0 Å². The van der Waals surface area contributed by atoms with Crippen LogP contribution in [-0.2, 0) is 4.79 Å². The van der Waals surface area contributed by atoms with Gasteiger partial charge in [-0.3, -0.25) is 4.79 Å². The van der Waals surface area contributed by atoms with E-state index in [9.17, 15) is 18.0 Å². The van der Waals surface area contributed by atoms with Gasteiger partial charge in [0.15, 0.2) is 6.61 Å². The molecule has 21 heavy (non-hydrogen) atoms. The lowest BCUT2D eigenvalue weighted by atomic mass is 10.2. The summed E-state index contributed by atoms with van der Waals surface area (Å²) >= 11 is 5.72. The minimum atomic E-state index is -4.46. The third-order valence-electron chi connectivity index (χ3n) is 2.44. The molecule has 0 heterocycles. The number of carbonyl (C=O) groups is 1. The van der Waals surface area contributed by atoms with E-state index in [0.29, 0.717) is 13.0 Å². The Labute approximate surface area is 125 Å². The molecule has 0 saturated carbocycles. The van der Waals surface area contributed by atoms with Crippen molar-refractivity contribution in [3.63, 3.8) is 0 Å². The molecule has 8 heteroatoms. The number of hydrogen-bond acceptors (Lipinski definition) is 3. The molecule has 0 fully saturated rings. The van der Waals surface area contributed by atoms with E-state index in [1.807, 2.05) is 0 Å². The molecule has 2 N–H and O–H groups in total. The Morgan fingerprint density at radius 2 is 2.10 bits per heavy atom. The second kappa shape index (κ2) is 8.09. The van der Waals surface area contributed by atoms with Gasteiger partial charge in [0.25, 0.3) is 0 Å². The normalized spacial score (nSPS) is 11.3. The first-order valence-corrected chi connectivity index (χ1v) is 6.63. The number of anilines is 1. The molecule has 0 radical (unpaired) electrons.